The molecule has 2 amide bonds. The monoisotopic (exact) mass is 1770 g/mol. The Labute approximate surface area is 752 Å². The molecule has 3 aromatic carbocycles. The molecule has 0 bridgehead atoms. The van der Waals surface area contributed by atoms with Crippen molar-refractivity contribution >= 4 is 111 Å². The SMILES string of the molecule is CC(C)(C)OC(=O)N1Cc2cc(N)ccc2C2(CC2)C1.CC(C)n1c(=O)c2cnc(Nc3ccc4c(c3)CN(C(=O)OC(C)(C)C)CC43CC3)nc2n1-c1ccnc(C(C)(C)C)c1.CC(C)n1c(=O)c2cnc(Nc3ccc4c(c3)CNCC43CC3)nc2n1-c1ccnc(C(C)(C)C)c1.CSc1ncc2c(=O)n(C(C)C)n(-c3ccnc(C(C)(C)C)c3)c2n1.Cl.Cl. The number of nitrogens with two attached hydrogens (primary N) is 1. The molecule has 668 valence electrons. The standard InChI is InChI=1S/C33H41N7O3.C28H33N7O.C18H23N5OS.C16H22N2O2.2ClH/c1-20(2)39-28(41)24-17-35-29(37-27(24)40(39)23-11-14-34-26(16-23)31(3,4)5)36-22-9-10-25-21(15-22)18-38(19-33(25)12-13-33)30(42)43-32(6,7)8;1-17(2)34-25(36)21-15-31-26(32-19-6-7-22-18(12-19)14-29-16-28(22)9-10-28)33-24(21)35(34)20-8-11-30-23(13-20)27(3,4)5;1-11(2)22-16(24)13-10-20-17(25-6)21-15(13)23(22)12-7-8-19-14(9-12)18(3,4)5;1-15(2,3)20-14(19)18-9-11-8-12(17)4-5-13(11)16(10-18)6-7-16;;/h9-11,14-17,20H,12-13,18-19H2,1-8H3,(H,35,36,37);6-8,11-13,15,17,29H,9-10,14,16H2,1-5H3,(H,31,32,33);7-11H,1-6H3;4-5,8H,6-7,9-10,17H2,1-3H3;2*1H. The largest absolute Gasteiger partial charge is 0.444 e. The molecule has 0 saturated heterocycles. The summed E-state index contributed by atoms with van der Waals surface area (Å²) in [6.07, 6.45) is 18.5. The first-order valence-electron chi connectivity index (χ1n) is 43.2. The summed E-state index contributed by atoms with van der Waals surface area (Å²) < 4.78 is 22.0. The number of nitrogens with zero attached hydrogens (tertiary/aromatic N) is 17. The minimum atomic E-state index is -0.548. The minimum absolute atomic E-state index is 0. The topological polar surface area (TPSA) is 318 Å². The summed E-state index contributed by atoms with van der Waals surface area (Å²) in [5.41, 5.74) is 22.1. The molecule has 3 fully saturated rings. The van der Waals surface area contributed by atoms with Gasteiger partial charge in [0.05, 0.1) is 17.1 Å². The molecule has 3 aliphatic heterocycles. The van der Waals surface area contributed by atoms with Gasteiger partial charge in [-0.15, -0.1) is 24.8 Å². The normalized spacial score (nSPS) is 15.8. The van der Waals surface area contributed by atoms with Crippen molar-refractivity contribution in [1.29, 1.82) is 0 Å². The van der Waals surface area contributed by atoms with Crippen LogP contribution in [0.3, 0.4) is 0 Å². The Morgan fingerprint density at radius 1 is 0.452 bits per heavy atom. The molecule has 3 aliphatic carbocycles. The highest BCUT2D eigenvalue weighted by Gasteiger charge is 2.52. The smallest absolute Gasteiger partial charge is 0.410 e. The summed E-state index contributed by atoms with van der Waals surface area (Å²) in [5.74, 6) is 0.847. The van der Waals surface area contributed by atoms with E-state index in [9.17, 15) is 24.0 Å². The van der Waals surface area contributed by atoms with Gasteiger partial charge in [-0.05, 0) is 234 Å². The number of anilines is 5. The first-order chi connectivity index (χ1) is 58.3. The number of aromatic nitrogens is 15. The summed E-state index contributed by atoms with van der Waals surface area (Å²) in [6, 6.07) is 30.6. The minimum Gasteiger partial charge on any atom is -0.444 e. The van der Waals surface area contributed by atoms with E-state index in [2.05, 4.69) is 150 Å². The third-order valence-corrected chi connectivity index (χ3v) is 24.2. The summed E-state index contributed by atoms with van der Waals surface area (Å²) >= 11 is 1.46. The van der Waals surface area contributed by atoms with Crippen molar-refractivity contribution in [3.05, 3.63) is 210 Å². The van der Waals surface area contributed by atoms with E-state index >= 15 is 0 Å². The van der Waals surface area contributed by atoms with Crippen molar-refractivity contribution in [2.24, 2.45) is 0 Å². The second-order valence-corrected chi connectivity index (χ2v) is 40.9. The maximum atomic E-state index is 13.5. The van der Waals surface area contributed by atoms with Crippen LogP contribution in [0.2, 0.25) is 0 Å². The molecule has 3 saturated carbocycles. The molecule has 9 aromatic heterocycles. The predicted molar refractivity (Wildman–Crippen MR) is 504 cm³/mol. The van der Waals surface area contributed by atoms with E-state index in [0.717, 1.165) is 102 Å². The molecule has 28 nitrogen and oxygen atoms in total. The molecule has 0 atom stereocenters. The molecule has 0 radical (unpaired) electrons. The zero-order chi connectivity index (χ0) is 89.0. The van der Waals surface area contributed by atoms with Gasteiger partial charge in [0, 0.05) is 161 Å². The lowest BCUT2D eigenvalue weighted by Crippen LogP contribution is -2.44. The van der Waals surface area contributed by atoms with E-state index < -0.39 is 11.2 Å². The van der Waals surface area contributed by atoms with E-state index in [4.69, 9.17) is 25.2 Å². The molecule has 12 aromatic rings. The fourth-order valence-corrected chi connectivity index (χ4v) is 17.4. The second-order valence-electron chi connectivity index (χ2n) is 40.1. The predicted octanol–water partition coefficient (Wildman–Crippen LogP) is 18.6. The maximum absolute atomic E-state index is 13.5. The van der Waals surface area contributed by atoms with Crippen molar-refractivity contribution in [2.75, 3.05) is 42.3 Å². The Hall–Kier alpha value is -11.0. The number of thioether (sulfide) groups is 1. The van der Waals surface area contributed by atoms with Crippen LogP contribution in [0.1, 0.15) is 253 Å². The number of carbonyl (C=O) groups is 2. The number of nitrogen functional groups attached to an aromatic ring is 1. The van der Waals surface area contributed by atoms with Crippen LogP contribution in [0.5, 0.6) is 0 Å². The number of fused-ring (bicyclic) bond motifs is 9. The van der Waals surface area contributed by atoms with Gasteiger partial charge in [0.25, 0.3) is 16.7 Å². The van der Waals surface area contributed by atoms with Gasteiger partial charge >= 0.3 is 12.2 Å². The van der Waals surface area contributed by atoms with E-state index in [1.807, 2.05) is 168 Å². The molecule has 18 rings (SSSR count). The molecule has 0 unspecified atom stereocenters. The van der Waals surface area contributed by atoms with Gasteiger partial charge in [0.2, 0.25) is 11.9 Å². The van der Waals surface area contributed by atoms with E-state index in [0.29, 0.717) is 75.2 Å². The molecule has 5 N–H and O–H groups in total. The molecule has 6 aliphatic rings. The number of benzene rings is 3. The summed E-state index contributed by atoms with van der Waals surface area (Å²) in [4.78, 5) is 110. The Morgan fingerprint density at radius 2 is 0.802 bits per heavy atom. The van der Waals surface area contributed by atoms with Gasteiger partial charge in [0.15, 0.2) is 22.1 Å². The van der Waals surface area contributed by atoms with Gasteiger partial charge in [-0.3, -0.25) is 29.3 Å². The number of carbonyl (C=O) groups excluding carboxylic acids is 2. The zero-order valence-corrected chi connectivity index (χ0v) is 79.1. The summed E-state index contributed by atoms with van der Waals surface area (Å²) in [6.45, 7) is 46.9. The highest BCUT2D eigenvalue weighted by atomic mass is 35.5. The number of amides is 2. The average molecular weight is 1770 g/mol. The summed E-state index contributed by atoms with van der Waals surface area (Å²) in [7, 11) is 0. The van der Waals surface area contributed by atoms with E-state index in [1.54, 1.807) is 51.2 Å². The van der Waals surface area contributed by atoms with Crippen molar-refractivity contribution in [2.45, 2.75) is 271 Å². The van der Waals surface area contributed by atoms with E-state index in [-0.39, 0.29) is 98.9 Å². The number of hydrogen-bond donors (Lipinski definition) is 4. The van der Waals surface area contributed by atoms with Crippen LogP contribution in [-0.4, -0.2) is 132 Å². The van der Waals surface area contributed by atoms with Gasteiger partial charge in [0.1, 0.15) is 27.4 Å². The Balaban J connectivity index is 0.000000149. The number of hydrogen-bond acceptors (Lipinski definition) is 21. The van der Waals surface area contributed by atoms with Crippen LogP contribution in [0.25, 0.3) is 50.2 Å². The Bertz CT molecular complexity index is 6330. The lowest BCUT2D eigenvalue weighted by molar-refractivity contribution is 0.0187. The molecule has 31 heteroatoms. The van der Waals surface area contributed by atoms with Gasteiger partial charge in [-0.2, -0.15) is 9.97 Å². The van der Waals surface area contributed by atoms with Crippen molar-refractivity contribution in [3.63, 3.8) is 0 Å². The molecular weight excluding hydrogens is 1650 g/mol. The zero-order valence-electron chi connectivity index (χ0n) is 76.6. The highest BCUT2D eigenvalue weighted by molar-refractivity contribution is 7.98. The number of pyridine rings is 3. The van der Waals surface area contributed by atoms with Crippen LogP contribution in [0.4, 0.5) is 38.5 Å². The van der Waals surface area contributed by atoms with Crippen molar-refractivity contribution in [3.8, 4) is 17.1 Å². The lowest BCUT2D eigenvalue weighted by Gasteiger charge is -2.36. The van der Waals surface area contributed by atoms with Crippen LogP contribution >= 0.6 is 36.6 Å². The Kier molecular flexibility index (Phi) is 25.5. The van der Waals surface area contributed by atoms with Crippen LogP contribution < -0.4 is 38.4 Å². The fourth-order valence-electron chi connectivity index (χ4n) is 17.0. The molecule has 126 heavy (non-hydrogen) atoms. The number of halogens is 2. The average Bonchev–Trinajstić information content (AvgIpc) is 1.57. The molecule has 12 heterocycles. The molecular formula is C95H121Cl2N21O7S. The maximum Gasteiger partial charge on any atom is 0.410 e. The molecule has 3 spiro atoms. The Morgan fingerprint density at radius 3 is 1.16 bits per heavy atom. The quantitative estimate of drug-likeness (QED) is 0.0531. The fraction of sp³-hybridized carbons (Fsp3) is 0.474. The van der Waals surface area contributed by atoms with Crippen LogP contribution in [-0.2, 0) is 61.6 Å². The van der Waals surface area contributed by atoms with Crippen molar-refractivity contribution in [1.82, 2.24) is 88.1 Å². The van der Waals surface area contributed by atoms with E-state index in [1.165, 1.54) is 52.4 Å². The van der Waals surface area contributed by atoms with Gasteiger partial charge in [-0.25, -0.2) is 57.6 Å². The third-order valence-electron chi connectivity index (χ3n) is 23.7. The lowest BCUT2D eigenvalue weighted by atomic mass is 9.87. The van der Waals surface area contributed by atoms with Gasteiger partial charge < -0.3 is 41.0 Å². The second kappa shape index (κ2) is 34.6. The number of rotatable bonds is 11. The van der Waals surface area contributed by atoms with Gasteiger partial charge in [-0.1, -0.05) is 92.3 Å². The highest BCUT2D eigenvalue weighted by Crippen LogP contribution is 2.55. The first kappa shape index (κ1) is 92.7. The third kappa shape index (κ3) is 19.0. The van der Waals surface area contributed by atoms with Crippen LogP contribution in [0.15, 0.2) is 148 Å². The summed E-state index contributed by atoms with van der Waals surface area (Å²) in [5, 5.41) is 12.4. The number of nitrogens with one attached hydrogen (secondary N) is 3. The van der Waals surface area contributed by atoms with Crippen LogP contribution in [0, 0.1) is 0 Å². The van der Waals surface area contributed by atoms with Crippen molar-refractivity contribution < 1.29 is 19.1 Å². The first-order valence-corrected chi connectivity index (χ1v) is 44.4. The number of ether oxygens (including phenoxy) is 2.